The minimum absolute atomic E-state index is 0.207. The average molecular weight is 234 g/mol. The molecule has 0 saturated carbocycles. The number of ether oxygens (including phenoxy) is 3. The molecule has 0 aliphatic heterocycles. The van der Waals surface area contributed by atoms with Gasteiger partial charge in [0, 0.05) is 13.7 Å². The smallest absolute Gasteiger partial charge is 0.0701 e. The van der Waals surface area contributed by atoms with Crippen molar-refractivity contribution in [1.82, 2.24) is 0 Å². The van der Waals surface area contributed by atoms with Gasteiger partial charge in [0.25, 0.3) is 0 Å². The highest BCUT2D eigenvalue weighted by Gasteiger charge is 2.11. The standard InChI is InChI=1S/C12H26O4/c1-4-12(13)11(2)5-6-15-9-10-16-8-7-14-3/h11-13H,4-10H2,1-3H3. The summed E-state index contributed by atoms with van der Waals surface area (Å²) in [5.41, 5.74) is 0. The van der Waals surface area contributed by atoms with Crippen LogP contribution in [0.4, 0.5) is 0 Å². The molecule has 0 saturated heterocycles. The van der Waals surface area contributed by atoms with Crippen molar-refractivity contribution in [3.63, 3.8) is 0 Å². The van der Waals surface area contributed by atoms with Gasteiger partial charge in [-0.25, -0.2) is 0 Å². The van der Waals surface area contributed by atoms with Gasteiger partial charge in [0.15, 0.2) is 0 Å². The van der Waals surface area contributed by atoms with E-state index in [-0.39, 0.29) is 6.10 Å². The van der Waals surface area contributed by atoms with Gasteiger partial charge in [-0.15, -0.1) is 0 Å². The molecule has 0 bridgehead atoms. The molecule has 0 fully saturated rings. The highest BCUT2D eigenvalue weighted by Crippen LogP contribution is 2.10. The topological polar surface area (TPSA) is 47.9 Å². The number of rotatable bonds is 11. The molecule has 0 rings (SSSR count). The maximum absolute atomic E-state index is 9.53. The lowest BCUT2D eigenvalue weighted by Crippen LogP contribution is -2.18. The van der Waals surface area contributed by atoms with Gasteiger partial charge in [0.1, 0.15) is 0 Å². The van der Waals surface area contributed by atoms with Crippen LogP contribution in [0.3, 0.4) is 0 Å². The van der Waals surface area contributed by atoms with E-state index in [1.165, 1.54) is 0 Å². The number of hydrogen-bond acceptors (Lipinski definition) is 4. The van der Waals surface area contributed by atoms with E-state index in [1.807, 2.05) is 13.8 Å². The summed E-state index contributed by atoms with van der Waals surface area (Å²) in [5.74, 6) is 0.305. The normalized spacial score (nSPS) is 15.0. The van der Waals surface area contributed by atoms with Gasteiger partial charge in [-0.2, -0.15) is 0 Å². The third kappa shape index (κ3) is 9.09. The fraction of sp³-hybridized carbons (Fsp3) is 1.00. The molecule has 0 amide bonds. The molecule has 0 spiro atoms. The Bertz CT molecular complexity index is 141. The second-order valence-electron chi connectivity index (χ2n) is 3.96. The third-order valence-corrected chi connectivity index (χ3v) is 2.60. The second-order valence-corrected chi connectivity index (χ2v) is 3.96. The van der Waals surface area contributed by atoms with Crippen molar-refractivity contribution >= 4 is 0 Å². The summed E-state index contributed by atoms with van der Waals surface area (Å²) in [6.07, 6.45) is 1.50. The third-order valence-electron chi connectivity index (χ3n) is 2.60. The van der Waals surface area contributed by atoms with E-state index in [2.05, 4.69) is 0 Å². The second kappa shape index (κ2) is 11.3. The van der Waals surface area contributed by atoms with Crippen LogP contribution in [0.15, 0.2) is 0 Å². The van der Waals surface area contributed by atoms with Crippen LogP contribution in [0.2, 0.25) is 0 Å². The van der Waals surface area contributed by atoms with Gasteiger partial charge in [0.2, 0.25) is 0 Å². The molecule has 16 heavy (non-hydrogen) atoms. The van der Waals surface area contributed by atoms with Crippen molar-refractivity contribution in [2.45, 2.75) is 32.8 Å². The minimum atomic E-state index is -0.207. The quantitative estimate of drug-likeness (QED) is 0.550. The Balaban J connectivity index is 3.14. The minimum Gasteiger partial charge on any atom is -0.393 e. The molecule has 0 heterocycles. The number of methoxy groups -OCH3 is 1. The van der Waals surface area contributed by atoms with E-state index in [4.69, 9.17) is 14.2 Å². The summed E-state index contributed by atoms with van der Waals surface area (Å²) >= 11 is 0. The lowest BCUT2D eigenvalue weighted by atomic mass is 10.00. The maximum atomic E-state index is 9.53. The molecule has 4 nitrogen and oxygen atoms in total. The van der Waals surface area contributed by atoms with Crippen LogP contribution in [0.1, 0.15) is 26.7 Å². The zero-order valence-corrected chi connectivity index (χ0v) is 10.8. The van der Waals surface area contributed by atoms with Crippen molar-refractivity contribution in [2.24, 2.45) is 5.92 Å². The van der Waals surface area contributed by atoms with Crippen LogP contribution in [0, 0.1) is 5.92 Å². The summed E-state index contributed by atoms with van der Waals surface area (Å²) in [4.78, 5) is 0. The monoisotopic (exact) mass is 234 g/mol. The Hall–Kier alpha value is -0.160. The SMILES string of the molecule is CCC(O)C(C)CCOCCOCCOC. The predicted molar refractivity (Wildman–Crippen MR) is 63.6 cm³/mol. The van der Waals surface area contributed by atoms with Gasteiger partial charge < -0.3 is 19.3 Å². The molecule has 0 aliphatic carbocycles. The molecule has 0 radical (unpaired) electrons. The number of hydrogen-bond donors (Lipinski definition) is 1. The van der Waals surface area contributed by atoms with Crippen molar-refractivity contribution in [2.75, 3.05) is 40.1 Å². The lowest BCUT2D eigenvalue weighted by Gasteiger charge is -2.16. The largest absolute Gasteiger partial charge is 0.393 e. The summed E-state index contributed by atoms with van der Waals surface area (Å²) in [6, 6.07) is 0. The van der Waals surface area contributed by atoms with Crippen molar-refractivity contribution in [1.29, 1.82) is 0 Å². The van der Waals surface area contributed by atoms with E-state index < -0.39 is 0 Å². The molecular weight excluding hydrogens is 208 g/mol. The van der Waals surface area contributed by atoms with Crippen LogP contribution in [-0.2, 0) is 14.2 Å². The summed E-state index contributed by atoms with van der Waals surface area (Å²) in [6.45, 7) is 7.18. The van der Waals surface area contributed by atoms with Gasteiger partial charge in [0.05, 0.1) is 32.5 Å². The molecular formula is C12H26O4. The van der Waals surface area contributed by atoms with Crippen LogP contribution >= 0.6 is 0 Å². The Morgan fingerprint density at radius 1 is 1.00 bits per heavy atom. The first-order valence-electron chi connectivity index (χ1n) is 6.04. The van der Waals surface area contributed by atoms with Gasteiger partial charge in [-0.05, 0) is 18.8 Å². The molecule has 0 aromatic heterocycles. The Morgan fingerprint density at radius 2 is 1.56 bits per heavy atom. The van der Waals surface area contributed by atoms with Crippen LogP contribution < -0.4 is 0 Å². The molecule has 4 heteroatoms. The zero-order chi connectivity index (χ0) is 12.2. The first-order valence-corrected chi connectivity index (χ1v) is 6.04. The van der Waals surface area contributed by atoms with Crippen molar-refractivity contribution < 1.29 is 19.3 Å². The van der Waals surface area contributed by atoms with Crippen LogP contribution in [0.5, 0.6) is 0 Å². The van der Waals surface area contributed by atoms with Crippen molar-refractivity contribution in [3.05, 3.63) is 0 Å². The summed E-state index contributed by atoms with van der Waals surface area (Å²) in [5, 5.41) is 9.53. The molecule has 0 aromatic carbocycles. The van der Waals surface area contributed by atoms with Gasteiger partial charge in [-0.3, -0.25) is 0 Å². The Kier molecular flexibility index (Phi) is 11.2. The van der Waals surface area contributed by atoms with E-state index in [0.717, 1.165) is 12.8 Å². The Morgan fingerprint density at radius 3 is 2.12 bits per heavy atom. The molecule has 2 unspecified atom stereocenters. The number of aliphatic hydroxyl groups excluding tert-OH is 1. The number of aliphatic hydroxyl groups is 1. The zero-order valence-electron chi connectivity index (χ0n) is 10.8. The maximum Gasteiger partial charge on any atom is 0.0701 e. The van der Waals surface area contributed by atoms with E-state index in [0.29, 0.717) is 39.0 Å². The average Bonchev–Trinajstić information content (AvgIpc) is 2.31. The Labute approximate surface area is 98.9 Å². The van der Waals surface area contributed by atoms with E-state index in [9.17, 15) is 5.11 Å². The van der Waals surface area contributed by atoms with Gasteiger partial charge >= 0.3 is 0 Å². The first kappa shape index (κ1) is 15.8. The summed E-state index contributed by atoms with van der Waals surface area (Å²) in [7, 11) is 1.65. The molecule has 98 valence electrons. The fourth-order valence-corrected chi connectivity index (χ4v) is 1.33. The van der Waals surface area contributed by atoms with Gasteiger partial charge in [-0.1, -0.05) is 13.8 Å². The molecule has 0 aromatic rings. The fourth-order valence-electron chi connectivity index (χ4n) is 1.33. The first-order chi connectivity index (χ1) is 7.72. The van der Waals surface area contributed by atoms with Crippen molar-refractivity contribution in [3.8, 4) is 0 Å². The molecule has 2 atom stereocenters. The van der Waals surface area contributed by atoms with E-state index >= 15 is 0 Å². The highest BCUT2D eigenvalue weighted by atomic mass is 16.5. The van der Waals surface area contributed by atoms with Crippen LogP contribution in [-0.4, -0.2) is 51.4 Å². The van der Waals surface area contributed by atoms with Crippen LogP contribution in [0.25, 0.3) is 0 Å². The molecule has 1 N–H and O–H groups in total. The lowest BCUT2D eigenvalue weighted by molar-refractivity contribution is 0.0160. The highest BCUT2D eigenvalue weighted by molar-refractivity contribution is 4.61. The molecule has 0 aliphatic rings. The van der Waals surface area contributed by atoms with E-state index in [1.54, 1.807) is 7.11 Å². The predicted octanol–water partition coefficient (Wildman–Crippen LogP) is 1.46. The summed E-state index contributed by atoms with van der Waals surface area (Å²) < 4.78 is 15.5.